The highest BCUT2D eigenvalue weighted by molar-refractivity contribution is 7.80. The molecule has 1 heterocycles. The van der Waals surface area contributed by atoms with Gasteiger partial charge in [0.05, 0.1) is 10.4 Å². The fourth-order valence-electron chi connectivity index (χ4n) is 3.27. The number of hydrogen-bond acceptors (Lipinski definition) is 3. The molecule has 1 unspecified atom stereocenters. The molecular formula is C15H27N3O2S. The topological polar surface area (TPSA) is 75.4 Å². The molecule has 6 heteroatoms. The van der Waals surface area contributed by atoms with Gasteiger partial charge < -0.3 is 16.0 Å². The first kappa shape index (κ1) is 17.9. The minimum atomic E-state index is -0.796. The quantitative estimate of drug-likeness (QED) is 0.700. The van der Waals surface area contributed by atoms with Crippen molar-refractivity contribution in [1.29, 1.82) is 0 Å². The van der Waals surface area contributed by atoms with E-state index in [9.17, 15) is 9.59 Å². The lowest BCUT2D eigenvalue weighted by Gasteiger charge is -2.37. The van der Waals surface area contributed by atoms with Crippen LogP contribution in [0.15, 0.2) is 0 Å². The van der Waals surface area contributed by atoms with E-state index in [-0.39, 0.29) is 22.8 Å². The van der Waals surface area contributed by atoms with Crippen molar-refractivity contribution in [2.45, 2.75) is 58.4 Å². The predicted molar refractivity (Wildman–Crippen MR) is 87.8 cm³/mol. The molecule has 1 atom stereocenters. The van der Waals surface area contributed by atoms with Crippen molar-refractivity contribution in [2.24, 2.45) is 11.1 Å². The summed E-state index contributed by atoms with van der Waals surface area (Å²) in [4.78, 5) is 27.0. The van der Waals surface area contributed by atoms with Crippen molar-refractivity contribution in [3.8, 4) is 0 Å². The van der Waals surface area contributed by atoms with E-state index in [1.165, 1.54) is 0 Å². The Morgan fingerprint density at radius 1 is 1.33 bits per heavy atom. The van der Waals surface area contributed by atoms with E-state index >= 15 is 0 Å². The first-order chi connectivity index (χ1) is 9.94. The van der Waals surface area contributed by atoms with E-state index in [0.29, 0.717) is 25.8 Å². The molecule has 21 heavy (non-hydrogen) atoms. The van der Waals surface area contributed by atoms with Crippen LogP contribution in [0.25, 0.3) is 0 Å². The molecule has 0 spiro atoms. The van der Waals surface area contributed by atoms with Gasteiger partial charge in [0.2, 0.25) is 11.8 Å². The Bertz CT molecular complexity index is 406. The molecule has 0 radical (unpaired) electrons. The van der Waals surface area contributed by atoms with Gasteiger partial charge in [-0.15, -0.1) is 0 Å². The van der Waals surface area contributed by atoms with Crippen LogP contribution in [0.3, 0.4) is 0 Å². The highest BCUT2D eigenvalue weighted by atomic mass is 32.1. The van der Waals surface area contributed by atoms with Crippen LogP contribution >= 0.6 is 12.2 Å². The van der Waals surface area contributed by atoms with Gasteiger partial charge in [0, 0.05) is 13.6 Å². The van der Waals surface area contributed by atoms with Crippen molar-refractivity contribution in [3.63, 3.8) is 0 Å². The fourth-order valence-corrected chi connectivity index (χ4v) is 3.56. The third-order valence-electron chi connectivity index (χ3n) is 4.30. The number of hydrogen-bond donors (Lipinski definition) is 2. The van der Waals surface area contributed by atoms with E-state index in [2.05, 4.69) is 5.32 Å². The predicted octanol–water partition coefficient (Wildman–Crippen LogP) is 1.60. The number of likely N-dealkylation sites (N-methyl/N-ethyl adjacent to an activating group) is 1. The molecule has 1 saturated heterocycles. The molecule has 0 aromatic heterocycles. The number of thiocarbonyl (C=S) groups is 1. The minimum Gasteiger partial charge on any atom is -0.392 e. The Kier molecular flexibility index (Phi) is 6.58. The number of nitrogens with one attached hydrogen (secondary N) is 1. The molecule has 1 aliphatic heterocycles. The number of carbonyl (C=O) groups is 2. The molecule has 1 aliphatic rings. The summed E-state index contributed by atoms with van der Waals surface area (Å²) in [6, 6.07) is -0.384. The lowest BCUT2D eigenvalue weighted by molar-refractivity contribution is -0.144. The second kappa shape index (κ2) is 7.73. The summed E-state index contributed by atoms with van der Waals surface area (Å²) >= 11 is 5.23. The normalized spacial score (nSPS) is 18.6. The molecule has 1 rings (SSSR count). The van der Waals surface area contributed by atoms with Gasteiger partial charge in [-0.3, -0.25) is 9.59 Å². The average molecular weight is 313 g/mol. The number of likely N-dealkylation sites (tertiary alicyclic amines) is 1. The smallest absolute Gasteiger partial charge is 0.242 e. The summed E-state index contributed by atoms with van der Waals surface area (Å²) in [6.07, 6.45) is 4.51. The van der Waals surface area contributed by atoms with E-state index in [1.54, 1.807) is 11.9 Å². The summed E-state index contributed by atoms with van der Waals surface area (Å²) in [5.74, 6) is -0.171. The first-order valence-corrected chi connectivity index (χ1v) is 8.18. The largest absolute Gasteiger partial charge is 0.392 e. The standard InChI is InChI=1S/C15H27N3O2S/c1-4-8-15(9-5-2,13(16)21)14(20)18-10-6-7-11(18)12(19)17-3/h11H,4-10H2,1-3H3,(H2,16,21)(H,17,19). The Morgan fingerprint density at radius 3 is 2.33 bits per heavy atom. The van der Waals surface area contributed by atoms with E-state index in [4.69, 9.17) is 18.0 Å². The van der Waals surface area contributed by atoms with Crippen LogP contribution in [0, 0.1) is 5.41 Å². The maximum absolute atomic E-state index is 13.1. The minimum absolute atomic E-state index is 0.0650. The molecule has 0 aromatic carbocycles. The number of carbonyl (C=O) groups excluding carboxylic acids is 2. The number of nitrogens with zero attached hydrogens (tertiary/aromatic N) is 1. The number of amides is 2. The van der Waals surface area contributed by atoms with Gasteiger partial charge >= 0.3 is 0 Å². The van der Waals surface area contributed by atoms with Gasteiger partial charge in [-0.2, -0.15) is 0 Å². The van der Waals surface area contributed by atoms with Crippen molar-refractivity contribution in [3.05, 3.63) is 0 Å². The number of nitrogens with two attached hydrogens (primary N) is 1. The van der Waals surface area contributed by atoms with E-state index in [0.717, 1.165) is 19.3 Å². The van der Waals surface area contributed by atoms with Gasteiger partial charge in [0.1, 0.15) is 6.04 Å². The maximum atomic E-state index is 13.1. The van der Waals surface area contributed by atoms with Crippen molar-refractivity contribution in [1.82, 2.24) is 10.2 Å². The van der Waals surface area contributed by atoms with Gasteiger partial charge in [-0.05, 0) is 25.7 Å². The van der Waals surface area contributed by atoms with Crippen molar-refractivity contribution >= 4 is 29.0 Å². The van der Waals surface area contributed by atoms with E-state index in [1.807, 2.05) is 13.8 Å². The molecule has 5 nitrogen and oxygen atoms in total. The summed E-state index contributed by atoms with van der Waals surface area (Å²) in [5, 5.41) is 2.64. The second-order valence-corrected chi connectivity index (χ2v) is 6.16. The van der Waals surface area contributed by atoms with Crippen LogP contribution in [0.5, 0.6) is 0 Å². The summed E-state index contributed by atoms with van der Waals surface area (Å²) in [7, 11) is 1.60. The zero-order chi connectivity index (χ0) is 16.0. The monoisotopic (exact) mass is 313 g/mol. The third kappa shape index (κ3) is 3.54. The molecule has 1 fully saturated rings. The zero-order valence-corrected chi connectivity index (χ0v) is 14.1. The average Bonchev–Trinajstić information content (AvgIpc) is 2.94. The molecule has 120 valence electrons. The highest BCUT2D eigenvalue weighted by Gasteiger charge is 2.46. The molecule has 0 aliphatic carbocycles. The summed E-state index contributed by atoms with van der Waals surface area (Å²) < 4.78 is 0. The van der Waals surface area contributed by atoms with Crippen LogP contribution < -0.4 is 11.1 Å². The highest BCUT2D eigenvalue weighted by Crippen LogP contribution is 2.35. The Morgan fingerprint density at radius 2 is 1.90 bits per heavy atom. The second-order valence-electron chi connectivity index (χ2n) is 5.72. The Labute approximate surface area is 132 Å². The zero-order valence-electron chi connectivity index (χ0n) is 13.3. The molecule has 0 bridgehead atoms. The Balaban J connectivity index is 3.09. The summed E-state index contributed by atoms with van der Waals surface area (Å²) in [5.41, 5.74) is 5.15. The van der Waals surface area contributed by atoms with Crippen LogP contribution in [0.2, 0.25) is 0 Å². The molecule has 2 amide bonds. The first-order valence-electron chi connectivity index (χ1n) is 7.77. The van der Waals surface area contributed by atoms with Crippen molar-refractivity contribution < 1.29 is 9.59 Å². The molecule has 3 N–H and O–H groups in total. The summed E-state index contributed by atoms with van der Waals surface area (Å²) in [6.45, 7) is 4.65. The lowest BCUT2D eigenvalue weighted by atomic mass is 9.77. The number of rotatable bonds is 7. The molecule has 0 aromatic rings. The van der Waals surface area contributed by atoms with E-state index < -0.39 is 5.41 Å². The van der Waals surface area contributed by atoms with Gasteiger partial charge in [-0.1, -0.05) is 38.9 Å². The van der Waals surface area contributed by atoms with Crippen LogP contribution in [0.4, 0.5) is 0 Å². The maximum Gasteiger partial charge on any atom is 0.242 e. The van der Waals surface area contributed by atoms with Crippen LogP contribution in [-0.4, -0.2) is 41.3 Å². The Hall–Kier alpha value is -1.17. The lowest BCUT2D eigenvalue weighted by Crippen LogP contribution is -2.54. The molecular weight excluding hydrogens is 286 g/mol. The fraction of sp³-hybridized carbons (Fsp3) is 0.800. The van der Waals surface area contributed by atoms with Crippen LogP contribution in [0.1, 0.15) is 52.4 Å². The third-order valence-corrected chi connectivity index (χ3v) is 4.69. The van der Waals surface area contributed by atoms with Gasteiger partial charge in [0.25, 0.3) is 0 Å². The molecule has 0 saturated carbocycles. The SMILES string of the molecule is CCCC(CCC)(C(=O)N1CCCC1C(=O)NC)C(N)=S. The van der Waals surface area contributed by atoms with Gasteiger partial charge in [-0.25, -0.2) is 0 Å². The van der Waals surface area contributed by atoms with Crippen molar-refractivity contribution in [2.75, 3.05) is 13.6 Å². The van der Waals surface area contributed by atoms with Crippen LogP contribution in [-0.2, 0) is 9.59 Å². The van der Waals surface area contributed by atoms with Gasteiger partial charge in [0.15, 0.2) is 0 Å².